The molecule has 0 saturated heterocycles. The Morgan fingerprint density at radius 2 is 1.84 bits per heavy atom. The second-order valence-corrected chi connectivity index (χ2v) is 9.11. The zero-order chi connectivity index (χ0) is 25.8. The Balaban J connectivity index is 1.33. The molecule has 1 aromatic heterocycles. The van der Waals surface area contributed by atoms with Crippen LogP contribution in [0.25, 0.3) is 11.0 Å². The maximum atomic E-state index is 13.5. The normalized spacial score (nSPS) is 15.1. The maximum absolute atomic E-state index is 13.5. The van der Waals surface area contributed by atoms with E-state index in [9.17, 15) is 19.5 Å². The summed E-state index contributed by atoms with van der Waals surface area (Å²) in [6, 6.07) is 22.0. The molecule has 0 fully saturated rings. The summed E-state index contributed by atoms with van der Waals surface area (Å²) in [7, 11) is 0. The summed E-state index contributed by atoms with van der Waals surface area (Å²) in [6.07, 6.45) is 0.585. The molecule has 1 atom stereocenters. The first-order valence-corrected chi connectivity index (χ1v) is 12.1. The molecular formula is C28H27N5O4. The quantitative estimate of drug-likeness (QED) is 0.294. The number of imidazole rings is 1. The van der Waals surface area contributed by atoms with Gasteiger partial charge < -0.3 is 25.6 Å². The molecule has 37 heavy (non-hydrogen) atoms. The Bertz CT molecular complexity index is 1420. The van der Waals surface area contributed by atoms with Gasteiger partial charge in [0.05, 0.1) is 35.5 Å². The molecule has 1 aliphatic heterocycles. The molecule has 1 aliphatic rings. The molecule has 188 valence electrons. The number of para-hydroxylation sites is 2. The summed E-state index contributed by atoms with van der Waals surface area (Å²) < 4.78 is 0. The van der Waals surface area contributed by atoms with Crippen LogP contribution in [0.15, 0.2) is 72.8 Å². The Morgan fingerprint density at radius 3 is 2.62 bits per heavy atom. The van der Waals surface area contributed by atoms with Crippen LogP contribution in [0, 0.1) is 0 Å². The van der Waals surface area contributed by atoms with Gasteiger partial charge in [-0.15, -0.1) is 0 Å². The van der Waals surface area contributed by atoms with Crippen molar-refractivity contribution in [2.24, 2.45) is 0 Å². The summed E-state index contributed by atoms with van der Waals surface area (Å²) in [4.78, 5) is 47.0. The highest BCUT2D eigenvalue weighted by atomic mass is 16.4. The predicted molar refractivity (Wildman–Crippen MR) is 141 cm³/mol. The number of aromatic amines is 1. The maximum Gasteiger partial charge on any atom is 0.305 e. The van der Waals surface area contributed by atoms with E-state index >= 15 is 0 Å². The SMILES string of the molecule is O=C(O)CC1CN(CCc2ccccc2)C(=O)c2cc(NC(=O)Cc3nc4ccccc4[nH]3)ccc2N1. The number of aliphatic carboxylic acids is 1. The number of carbonyl (C=O) groups is 3. The van der Waals surface area contributed by atoms with Crippen molar-refractivity contribution in [3.05, 3.63) is 89.7 Å². The lowest BCUT2D eigenvalue weighted by Gasteiger charge is -2.24. The molecule has 9 heteroatoms. The van der Waals surface area contributed by atoms with E-state index in [2.05, 4.69) is 20.6 Å². The van der Waals surface area contributed by atoms with Crippen LogP contribution in [0.2, 0.25) is 0 Å². The van der Waals surface area contributed by atoms with Crippen molar-refractivity contribution in [3.63, 3.8) is 0 Å². The van der Waals surface area contributed by atoms with Crippen molar-refractivity contribution in [2.75, 3.05) is 23.7 Å². The van der Waals surface area contributed by atoms with E-state index in [4.69, 9.17) is 0 Å². The van der Waals surface area contributed by atoms with Gasteiger partial charge in [0.15, 0.2) is 0 Å². The average molecular weight is 498 g/mol. The Morgan fingerprint density at radius 1 is 1.05 bits per heavy atom. The third-order valence-corrected chi connectivity index (χ3v) is 6.32. The van der Waals surface area contributed by atoms with E-state index in [0.29, 0.717) is 35.7 Å². The van der Waals surface area contributed by atoms with E-state index in [1.54, 1.807) is 23.1 Å². The molecular weight excluding hydrogens is 470 g/mol. The van der Waals surface area contributed by atoms with E-state index in [0.717, 1.165) is 16.6 Å². The minimum atomic E-state index is -0.939. The van der Waals surface area contributed by atoms with Crippen LogP contribution in [0.4, 0.5) is 11.4 Å². The number of carbonyl (C=O) groups excluding carboxylic acids is 2. The number of amides is 2. The average Bonchev–Trinajstić information content (AvgIpc) is 3.23. The second-order valence-electron chi connectivity index (χ2n) is 9.11. The lowest BCUT2D eigenvalue weighted by molar-refractivity contribution is -0.137. The number of hydrogen-bond donors (Lipinski definition) is 4. The van der Waals surface area contributed by atoms with Crippen molar-refractivity contribution < 1.29 is 19.5 Å². The summed E-state index contributed by atoms with van der Waals surface area (Å²) >= 11 is 0. The minimum Gasteiger partial charge on any atom is -0.481 e. The molecule has 4 aromatic rings. The number of benzene rings is 3. The van der Waals surface area contributed by atoms with Crippen molar-refractivity contribution in [1.29, 1.82) is 0 Å². The zero-order valence-electron chi connectivity index (χ0n) is 20.1. The Hall–Kier alpha value is -4.66. The number of anilines is 2. The topological polar surface area (TPSA) is 127 Å². The van der Waals surface area contributed by atoms with Crippen molar-refractivity contribution >= 4 is 40.2 Å². The van der Waals surface area contributed by atoms with E-state index in [1.807, 2.05) is 54.6 Å². The summed E-state index contributed by atoms with van der Waals surface area (Å²) in [6.45, 7) is 0.711. The van der Waals surface area contributed by atoms with Crippen LogP contribution >= 0.6 is 0 Å². The van der Waals surface area contributed by atoms with Gasteiger partial charge in [0.25, 0.3) is 5.91 Å². The molecule has 5 rings (SSSR count). The standard InChI is InChI=1S/C28H27N5O4/c34-26(16-25-31-23-8-4-5-9-24(23)32-25)30-19-10-11-22-21(14-19)28(37)33(17-20(29-22)15-27(35)36)13-12-18-6-2-1-3-7-18/h1-11,14,20,29H,12-13,15-17H2,(H,30,34)(H,31,32)(H,35,36). The largest absolute Gasteiger partial charge is 0.481 e. The van der Waals surface area contributed by atoms with Gasteiger partial charge in [-0.2, -0.15) is 0 Å². The minimum absolute atomic E-state index is 0.0574. The summed E-state index contributed by atoms with van der Waals surface area (Å²) in [5, 5.41) is 15.4. The molecule has 3 aromatic carbocycles. The second kappa shape index (κ2) is 10.5. The van der Waals surface area contributed by atoms with Crippen LogP contribution in [-0.2, 0) is 22.4 Å². The first kappa shape index (κ1) is 24.1. The molecule has 0 saturated carbocycles. The van der Waals surface area contributed by atoms with Crippen molar-refractivity contribution in [3.8, 4) is 0 Å². The third kappa shape index (κ3) is 5.78. The molecule has 4 N–H and O–H groups in total. The Kier molecular flexibility index (Phi) is 6.85. The molecule has 0 radical (unpaired) electrons. The number of carboxylic acids is 1. The number of hydrogen-bond acceptors (Lipinski definition) is 5. The van der Waals surface area contributed by atoms with Crippen LogP contribution < -0.4 is 10.6 Å². The number of aromatic nitrogens is 2. The summed E-state index contributed by atoms with van der Waals surface area (Å²) in [5.74, 6) is -0.863. The molecule has 0 aliphatic carbocycles. The number of carboxylic acid groups (broad SMARTS) is 1. The first-order chi connectivity index (χ1) is 17.9. The molecule has 2 heterocycles. The van der Waals surface area contributed by atoms with Crippen molar-refractivity contribution in [1.82, 2.24) is 14.9 Å². The molecule has 2 amide bonds. The van der Waals surface area contributed by atoms with Crippen LogP contribution in [0.3, 0.4) is 0 Å². The fourth-order valence-corrected chi connectivity index (χ4v) is 4.58. The number of rotatable bonds is 8. The molecule has 9 nitrogen and oxygen atoms in total. The smallest absolute Gasteiger partial charge is 0.305 e. The molecule has 0 spiro atoms. The van der Waals surface area contributed by atoms with Gasteiger partial charge in [-0.25, -0.2) is 4.98 Å². The van der Waals surface area contributed by atoms with Gasteiger partial charge in [0.2, 0.25) is 5.91 Å². The number of H-pyrrole nitrogens is 1. The Labute approximate surface area is 213 Å². The van der Waals surface area contributed by atoms with Crippen molar-refractivity contribution in [2.45, 2.75) is 25.3 Å². The molecule has 0 bridgehead atoms. The van der Waals surface area contributed by atoms with E-state index < -0.39 is 12.0 Å². The molecule has 1 unspecified atom stereocenters. The monoisotopic (exact) mass is 497 g/mol. The van der Waals surface area contributed by atoms with Crippen LogP contribution in [-0.4, -0.2) is 56.9 Å². The summed E-state index contributed by atoms with van der Waals surface area (Å²) in [5.41, 5.74) is 4.16. The fraction of sp³-hybridized carbons (Fsp3) is 0.214. The lowest BCUT2D eigenvalue weighted by Crippen LogP contribution is -2.39. The number of nitrogens with one attached hydrogen (secondary N) is 3. The van der Waals surface area contributed by atoms with Gasteiger partial charge in [-0.1, -0.05) is 42.5 Å². The van der Waals surface area contributed by atoms with Gasteiger partial charge >= 0.3 is 5.97 Å². The van der Waals surface area contributed by atoms with E-state index in [-0.39, 0.29) is 31.2 Å². The number of fused-ring (bicyclic) bond motifs is 2. The van der Waals surface area contributed by atoms with Crippen LogP contribution in [0.5, 0.6) is 0 Å². The van der Waals surface area contributed by atoms with Gasteiger partial charge in [-0.05, 0) is 42.3 Å². The van der Waals surface area contributed by atoms with E-state index in [1.165, 1.54) is 0 Å². The third-order valence-electron chi connectivity index (χ3n) is 6.32. The predicted octanol–water partition coefficient (Wildman–Crippen LogP) is 3.70. The lowest BCUT2D eigenvalue weighted by atomic mass is 10.1. The highest BCUT2D eigenvalue weighted by Crippen LogP contribution is 2.27. The fourth-order valence-electron chi connectivity index (χ4n) is 4.58. The zero-order valence-corrected chi connectivity index (χ0v) is 20.1. The number of nitrogens with zero attached hydrogens (tertiary/aromatic N) is 2. The highest BCUT2D eigenvalue weighted by Gasteiger charge is 2.29. The van der Waals surface area contributed by atoms with Crippen LogP contribution in [0.1, 0.15) is 28.2 Å². The highest BCUT2D eigenvalue weighted by molar-refractivity contribution is 6.02. The van der Waals surface area contributed by atoms with Gasteiger partial charge in [-0.3, -0.25) is 14.4 Å². The first-order valence-electron chi connectivity index (χ1n) is 12.1. The van der Waals surface area contributed by atoms with Gasteiger partial charge in [0.1, 0.15) is 5.82 Å². The van der Waals surface area contributed by atoms with Gasteiger partial charge in [0, 0.05) is 24.5 Å².